The molecule has 0 aliphatic rings. The van der Waals surface area contributed by atoms with Gasteiger partial charge < -0.3 is 20.3 Å². The quantitative estimate of drug-likeness (QED) is 0.633. The Morgan fingerprint density at radius 1 is 1.19 bits per heavy atom. The summed E-state index contributed by atoms with van der Waals surface area (Å²) in [5.41, 5.74) is 2.09. The van der Waals surface area contributed by atoms with Crippen molar-refractivity contribution >= 4 is 16.6 Å². The monoisotopic (exact) mass is 349 g/mol. The normalized spacial score (nSPS) is 11.8. The number of fused-ring (bicyclic) bond motifs is 1. The van der Waals surface area contributed by atoms with E-state index in [1.165, 1.54) is 0 Å². The van der Waals surface area contributed by atoms with Crippen LogP contribution in [0.25, 0.3) is 21.9 Å². The first-order valence-electron chi connectivity index (χ1n) is 8.18. The Balaban J connectivity index is 2.24. The molecule has 3 N–H and O–H groups in total. The third kappa shape index (κ3) is 3.45. The number of anilines is 1. The van der Waals surface area contributed by atoms with E-state index in [0.29, 0.717) is 11.6 Å². The second-order valence-corrected chi connectivity index (χ2v) is 5.79. The maximum absolute atomic E-state index is 9.61. The Labute approximate surface area is 151 Å². The number of hydrogen-bond acceptors (Lipinski definition) is 6. The molecule has 3 rings (SSSR count). The van der Waals surface area contributed by atoms with Gasteiger partial charge in [0.25, 0.3) is 0 Å². The number of nitriles is 1. The zero-order valence-electron chi connectivity index (χ0n) is 14.3. The minimum atomic E-state index is -0.913. The minimum absolute atomic E-state index is 0.125. The predicted octanol–water partition coefficient (Wildman–Crippen LogP) is 2.55. The standard InChI is InChI=1S/C20H19N3O3/c1-26-18-8-7-16-17(19(18)13-5-3-2-4-6-13)9-14(10-21)23-20(16)22-11-15(25)12-24/h2-9,15,24-25H,11-12H2,1H3,(H,22,23)/t15-/m1/s1. The maximum atomic E-state index is 9.61. The van der Waals surface area contributed by atoms with Crippen LogP contribution in [0.4, 0.5) is 5.82 Å². The number of aliphatic hydroxyl groups is 2. The number of methoxy groups -OCH3 is 1. The largest absolute Gasteiger partial charge is 0.496 e. The summed E-state index contributed by atoms with van der Waals surface area (Å²) >= 11 is 0. The lowest BCUT2D eigenvalue weighted by atomic mass is 9.97. The highest BCUT2D eigenvalue weighted by Crippen LogP contribution is 2.39. The molecule has 0 spiro atoms. The van der Waals surface area contributed by atoms with Gasteiger partial charge in [0.15, 0.2) is 0 Å². The predicted molar refractivity (Wildman–Crippen MR) is 100 cm³/mol. The van der Waals surface area contributed by atoms with Crippen molar-refractivity contribution in [2.24, 2.45) is 0 Å². The van der Waals surface area contributed by atoms with Crippen molar-refractivity contribution in [2.75, 3.05) is 25.6 Å². The molecule has 1 aromatic heterocycles. The molecule has 0 radical (unpaired) electrons. The molecular formula is C20H19N3O3. The average molecular weight is 349 g/mol. The van der Waals surface area contributed by atoms with Gasteiger partial charge in [0.05, 0.1) is 19.8 Å². The Morgan fingerprint density at radius 2 is 1.96 bits per heavy atom. The van der Waals surface area contributed by atoms with Gasteiger partial charge in [-0.25, -0.2) is 4.98 Å². The van der Waals surface area contributed by atoms with E-state index in [1.807, 2.05) is 42.5 Å². The third-order valence-electron chi connectivity index (χ3n) is 4.09. The summed E-state index contributed by atoms with van der Waals surface area (Å²) in [5.74, 6) is 1.17. The number of nitrogens with zero attached hydrogens (tertiary/aromatic N) is 2. The van der Waals surface area contributed by atoms with E-state index in [1.54, 1.807) is 13.2 Å². The first-order valence-corrected chi connectivity index (χ1v) is 8.18. The third-order valence-corrected chi connectivity index (χ3v) is 4.09. The van der Waals surface area contributed by atoms with Gasteiger partial charge in [-0.15, -0.1) is 0 Å². The van der Waals surface area contributed by atoms with Gasteiger partial charge in [-0.2, -0.15) is 5.26 Å². The van der Waals surface area contributed by atoms with Crippen LogP contribution in [-0.4, -0.2) is 41.6 Å². The van der Waals surface area contributed by atoms with Crippen molar-refractivity contribution < 1.29 is 14.9 Å². The Kier molecular flexibility index (Phi) is 5.32. The van der Waals surface area contributed by atoms with Gasteiger partial charge in [0, 0.05) is 17.5 Å². The van der Waals surface area contributed by atoms with Crippen LogP contribution in [-0.2, 0) is 0 Å². The summed E-state index contributed by atoms with van der Waals surface area (Å²) in [5, 5.41) is 32.6. The molecule has 0 amide bonds. The smallest absolute Gasteiger partial charge is 0.143 e. The summed E-state index contributed by atoms with van der Waals surface area (Å²) in [7, 11) is 1.61. The van der Waals surface area contributed by atoms with Crippen molar-refractivity contribution in [3.63, 3.8) is 0 Å². The molecule has 0 saturated heterocycles. The molecule has 26 heavy (non-hydrogen) atoms. The SMILES string of the molecule is COc1ccc2c(NC[C@@H](O)CO)nc(C#N)cc2c1-c1ccccc1. The molecule has 6 nitrogen and oxygen atoms in total. The zero-order valence-corrected chi connectivity index (χ0v) is 14.3. The molecule has 1 heterocycles. The summed E-state index contributed by atoms with van der Waals surface area (Å²) in [6.07, 6.45) is -0.913. The van der Waals surface area contributed by atoms with Crippen LogP contribution in [0.1, 0.15) is 5.69 Å². The molecule has 0 bridgehead atoms. The average Bonchev–Trinajstić information content (AvgIpc) is 2.70. The molecule has 0 saturated carbocycles. The van der Waals surface area contributed by atoms with Crippen molar-refractivity contribution in [1.82, 2.24) is 4.98 Å². The van der Waals surface area contributed by atoms with E-state index in [2.05, 4.69) is 16.4 Å². The van der Waals surface area contributed by atoms with E-state index in [4.69, 9.17) is 9.84 Å². The van der Waals surface area contributed by atoms with Crippen molar-refractivity contribution in [3.05, 3.63) is 54.2 Å². The van der Waals surface area contributed by atoms with Gasteiger partial charge >= 0.3 is 0 Å². The van der Waals surface area contributed by atoms with E-state index < -0.39 is 6.10 Å². The van der Waals surface area contributed by atoms with Crippen LogP contribution < -0.4 is 10.1 Å². The minimum Gasteiger partial charge on any atom is -0.496 e. The Morgan fingerprint density at radius 3 is 2.62 bits per heavy atom. The number of ether oxygens (including phenoxy) is 1. The first-order chi connectivity index (χ1) is 12.7. The zero-order chi connectivity index (χ0) is 18.5. The fourth-order valence-electron chi connectivity index (χ4n) is 2.85. The number of aliphatic hydroxyl groups excluding tert-OH is 2. The number of pyridine rings is 1. The molecule has 0 unspecified atom stereocenters. The molecule has 0 aliphatic carbocycles. The fourth-order valence-corrected chi connectivity index (χ4v) is 2.85. The van der Waals surface area contributed by atoms with Crippen LogP contribution in [0.5, 0.6) is 5.75 Å². The summed E-state index contributed by atoms with van der Waals surface area (Å²) < 4.78 is 5.54. The fraction of sp³-hybridized carbons (Fsp3) is 0.200. The molecule has 6 heteroatoms. The highest BCUT2D eigenvalue weighted by Gasteiger charge is 2.15. The second kappa shape index (κ2) is 7.83. The lowest BCUT2D eigenvalue weighted by Crippen LogP contribution is -2.23. The summed E-state index contributed by atoms with van der Waals surface area (Å²) in [6.45, 7) is -0.230. The lowest BCUT2D eigenvalue weighted by Gasteiger charge is -2.16. The van der Waals surface area contributed by atoms with Crippen molar-refractivity contribution in [3.8, 4) is 22.9 Å². The number of rotatable bonds is 6. The maximum Gasteiger partial charge on any atom is 0.143 e. The molecular weight excluding hydrogens is 330 g/mol. The van der Waals surface area contributed by atoms with Crippen molar-refractivity contribution in [1.29, 1.82) is 5.26 Å². The Hall–Kier alpha value is -3.14. The molecule has 3 aromatic rings. The van der Waals surface area contributed by atoms with Crippen LogP contribution in [0.3, 0.4) is 0 Å². The summed E-state index contributed by atoms with van der Waals surface area (Å²) in [4.78, 5) is 4.31. The summed E-state index contributed by atoms with van der Waals surface area (Å²) in [6, 6.07) is 17.3. The van der Waals surface area contributed by atoms with E-state index >= 15 is 0 Å². The van der Waals surface area contributed by atoms with E-state index in [-0.39, 0.29) is 18.8 Å². The van der Waals surface area contributed by atoms with Gasteiger partial charge in [-0.3, -0.25) is 0 Å². The molecule has 0 fully saturated rings. The number of nitrogens with one attached hydrogen (secondary N) is 1. The highest BCUT2D eigenvalue weighted by atomic mass is 16.5. The van der Waals surface area contributed by atoms with E-state index in [9.17, 15) is 10.4 Å². The number of aromatic nitrogens is 1. The first kappa shape index (κ1) is 17.7. The topological polar surface area (TPSA) is 98.4 Å². The highest BCUT2D eigenvalue weighted by molar-refractivity contribution is 6.04. The van der Waals surface area contributed by atoms with Gasteiger partial charge in [-0.05, 0) is 29.1 Å². The van der Waals surface area contributed by atoms with E-state index in [0.717, 1.165) is 21.9 Å². The molecule has 1 atom stereocenters. The van der Waals surface area contributed by atoms with Crippen LogP contribution >= 0.6 is 0 Å². The molecule has 132 valence electrons. The van der Waals surface area contributed by atoms with Crippen LogP contribution in [0.2, 0.25) is 0 Å². The van der Waals surface area contributed by atoms with Crippen LogP contribution in [0, 0.1) is 11.3 Å². The number of benzene rings is 2. The molecule has 0 aliphatic heterocycles. The molecule has 2 aromatic carbocycles. The Bertz CT molecular complexity index is 952. The van der Waals surface area contributed by atoms with Gasteiger partial charge in [0.2, 0.25) is 0 Å². The van der Waals surface area contributed by atoms with Crippen LogP contribution in [0.15, 0.2) is 48.5 Å². The van der Waals surface area contributed by atoms with Gasteiger partial charge in [-0.1, -0.05) is 30.3 Å². The van der Waals surface area contributed by atoms with Gasteiger partial charge in [0.1, 0.15) is 23.3 Å². The number of hydrogen-bond donors (Lipinski definition) is 3. The van der Waals surface area contributed by atoms with Crippen molar-refractivity contribution in [2.45, 2.75) is 6.10 Å². The lowest BCUT2D eigenvalue weighted by molar-refractivity contribution is 0.105. The second-order valence-electron chi connectivity index (χ2n) is 5.79.